The molecule has 0 aliphatic carbocycles. The number of hydrogen-bond acceptors (Lipinski definition) is 6. The number of rotatable bonds is 9. The maximum atomic E-state index is 12.5. The molecule has 2 heterocycles. The number of ether oxygens (including phenoxy) is 1. The second-order valence-corrected chi connectivity index (χ2v) is 8.47. The molecule has 11 heteroatoms. The molecule has 1 unspecified atom stereocenters. The van der Waals surface area contributed by atoms with Gasteiger partial charge in [-0.1, -0.05) is 17.3 Å². The molecule has 184 valence electrons. The summed E-state index contributed by atoms with van der Waals surface area (Å²) in [5, 5.41) is 10.5. The molecule has 1 atom stereocenters. The van der Waals surface area contributed by atoms with Crippen LogP contribution in [0.1, 0.15) is 59.1 Å². The first-order valence-corrected chi connectivity index (χ1v) is 10.7. The molecule has 34 heavy (non-hydrogen) atoms. The zero-order chi connectivity index (χ0) is 25.1. The lowest BCUT2D eigenvalue weighted by molar-refractivity contribution is -0.138. The highest BCUT2D eigenvalue weighted by molar-refractivity contribution is 6.04. The number of aromatic nitrogens is 2. The molecule has 1 aromatic carbocycles. The van der Waals surface area contributed by atoms with Crippen LogP contribution in [0.5, 0.6) is 0 Å². The molecule has 1 aromatic heterocycles. The number of alkyl halides is 3. The molecular weight excluding hydrogens is 453 g/mol. The van der Waals surface area contributed by atoms with E-state index >= 15 is 0 Å². The third-order valence-electron chi connectivity index (χ3n) is 5.48. The third-order valence-corrected chi connectivity index (χ3v) is 5.48. The summed E-state index contributed by atoms with van der Waals surface area (Å²) in [6, 6.07) is 7.12. The summed E-state index contributed by atoms with van der Waals surface area (Å²) in [7, 11) is 1.58. The molecule has 1 aliphatic rings. The van der Waals surface area contributed by atoms with Crippen molar-refractivity contribution in [2.75, 3.05) is 13.7 Å². The number of ketones is 1. The minimum absolute atomic E-state index is 0.186. The SMILES string of the molecule is COCn1nc(C)cc1C1(C)CC(c2ccc(C(=O)CCC(=O)NCC(F)(F)F)c(C)c2)=NO1. The van der Waals surface area contributed by atoms with Crippen molar-refractivity contribution in [3.05, 3.63) is 52.3 Å². The number of hydrogen-bond donors (Lipinski definition) is 1. The van der Waals surface area contributed by atoms with E-state index in [1.54, 1.807) is 36.2 Å². The summed E-state index contributed by atoms with van der Waals surface area (Å²) in [5.74, 6) is -1.14. The number of carbonyl (C=O) groups excluding carboxylic acids is 2. The number of methoxy groups -OCH3 is 1. The molecule has 0 saturated carbocycles. The van der Waals surface area contributed by atoms with Crippen LogP contribution in [0.25, 0.3) is 0 Å². The molecule has 0 bridgehead atoms. The van der Waals surface area contributed by atoms with Crippen LogP contribution in [-0.2, 0) is 26.7 Å². The van der Waals surface area contributed by atoms with Gasteiger partial charge in [-0.15, -0.1) is 0 Å². The molecule has 3 rings (SSSR count). The number of oxime groups is 1. The first-order chi connectivity index (χ1) is 15.9. The number of benzene rings is 1. The van der Waals surface area contributed by atoms with Crippen LogP contribution in [0.2, 0.25) is 0 Å². The lowest BCUT2D eigenvalue weighted by Gasteiger charge is -2.22. The van der Waals surface area contributed by atoms with Gasteiger partial charge in [0.15, 0.2) is 11.4 Å². The van der Waals surface area contributed by atoms with Crippen molar-refractivity contribution in [3.63, 3.8) is 0 Å². The average Bonchev–Trinajstić information content (AvgIpc) is 3.34. The summed E-state index contributed by atoms with van der Waals surface area (Å²) >= 11 is 0. The van der Waals surface area contributed by atoms with Crippen molar-refractivity contribution in [2.24, 2.45) is 5.16 Å². The minimum atomic E-state index is -4.49. The van der Waals surface area contributed by atoms with E-state index < -0.39 is 24.2 Å². The molecule has 0 spiro atoms. The van der Waals surface area contributed by atoms with E-state index in [1.165, 1.54) is 0 Å². The summed E-state index contributed by atoms with van der Waals surface area (Å²) in [5.41, 5.74) is 3.50. The van der Waals surface area contributed by atoms with Gasteiger partial charge >= 0.3 is 6.18 Å². The fourth-order valence-corrected chi connectivity index (χ4v) is 3.83. The largest absolute Gasteiger partial charge is 0.405 e. The standard InChI is InChI=1S/C23H27F3N4O4/c1-14-9-16(5-6-17(14)19(31)7-8-21(32)27-12-23(24,25)26)18-11-22(3,34-29-18)20-10-15(2)28-30(20)13-33-4/h5-6,9-10H,7-8,11-13H2,1-4H3,(H,27,32). The Morgan fingerprint density at radius 1 is 1.24 bits per heavy atom. The Morgan fingerprint density at radius 3 is 2.62 bits per heavy atom. The Balaban J connectivity index is 1.65. The van der Waals surface area contributed by atoms with Gasteiger partial charge in [0.1, 0.15) is 13.3 Å². The van der Waals surface area contributed by atoms with Crippen molar-refractivity contribution in [2.45, 2.75) is 58.5 Å². The smallest absolute Gasteiger partial charge is 0.382 e. The second kappa shape index (κ2) is 9.96. The minimum Gasteiger partial charge on any atom is -0.382 e. The zero-order valence-corrected chi connectivity index (χ0v) is 19.5. The maximum absolute atomic E-state index is 12.5. The highest BCUT2D eigenvalue weighted by Gasteiger charge is 2.40. The normalized spacial score (nSPS) is 17.9. The molecule has 1 amide bonds. The lowest BCUT2D eigenvalue weighted by atomic mass is 9.91. The molecular formula is C23H27F3N4O4. The van der Waals surface area contributed by atoms with Crippen molar-refractivity contribution in [3.8, 4) is 0 Å². The van der Waals surface area contributed by atoms with E-state index in [-0.39, 0.29) is 25.4 Å². The number of carbonyl (C=O) groups is 2. The predicted octanol–water partition coefficient (Wildman–Crippen LogP) is 3.79. The van der Waals surface area contributed by atoms with Gasteiger partial charge in [0.05, 0.1) is 17.1 Å². The summed E-state index contributed by atoms with van der Waals surface area (Å²) in [6.07, 6.45) is -4.51. The lowest BCUT2D eigenvalue weighted by Crippen LogP contribution is -2.33. The predicted molar refractivity (Wildman–Crippen MR) is 117 cm³/mol. The molecule has 2 aromatic rings. The quantitative estimate of drug-likeness (QED) is 0.551. The Labute approximate surface area is 195 Å². The molecule has 0 radical (unpaired) electrons. The summed E-state index contributed by atoms with van der Waals surface area (Å²) in [4.78, 5) is 29.9. The van der Waals surface area contributed by atoms with Gasteiger partial charge in [0.25, 0.3) is 0 Å². The van der Waals surface area contributed by atoms with E-state index in [4.69, 9.17) is 9.57 Å². The van der Waals surface area contributed by atoms with Gasteiger partial charge < -0.3 is 14.9 Å². The molecule has 1 aliphatic heterocycles. The van der Waals surface area contributed by atoms with Crippen molar-refractivity contribution in [1.29, 1.82) is 0 Å². The number of aryl methyl sites for hydroxylation is 2. The van der Waals surface area contributed by atoms with Crippen molar-refractivity contribution >= 4 is 17.4 Å². The second-order valence-electron chi connectivity index (χ2n) is 8.47. The fraction of sp³-hybridized carbons (Fsp3) is 0.478. The first-order valence-electron chi connectivity index (χ1n) is 10.7. The first kappa shape index (κ1) is 25.4. The van der Waals surface area contributed by atoms with Gasteiger partial charge in [-0.05, 0) is 44.0 Å². The Kier molecular flexibility index (Phi) is 7.44. The maximum Gasteiger partial charge on any atom is 0.405 e. The van der Waals surface area contributed by atoms with Gasteiger partial charge in [-0.2, -0.15) is 18.3 Å². The van der Waals surface area contributed by atoms with Crippen LogP contribution in [0.3, 0.4) is 0 Å². The van der Waals surface area contributed by atoms with Crippen LogP contribution in [0.15, 0.2) is 29.4 Å². The van der Waals surface area contributed by atoms with Gasteiger partial charge in [0.2, 0.25) is 5.91 Å². The Hall–Kier alpha value is -3.21. The molecule has 1 N–H and O–H groups in total. The van der Waals surface area contributed by atoms with Crippen LogP contribution < -0.4 is 5.32 Å². The Bertz CT molecular complexity index is 1110. The Morgan fingerprint density at radius 2 is 1.97 bits per heavy atom. The topological polar surface area (TPSA) is 94.8 Å². The van der Waals surface area contributed by atoms with E-state index in [9.17, 15) is 22.8 Å². The highest BCUT2D eigenvalue weighted by atomic mass is 19.4. The number of nitrogens with one attached hydrogen (secondary N) is 1. The van der Waals surface area contributed by atoms with Crippen LogP contribution in [0.4, 0.5) is 13.2 Å². The number of amides is 1. The monoisotopic (exact) mass is 480 g/mol. The van der Waals surface area contributed by atoms with Crippen LogP contribution in [-0.4, -0.2) is 47.0 Å². The van der Waals surface area contributed by atoms with E-state index in [1.807, 2.05) is 26.0 Å². The van der Waals surface area contributed by atoms with Gasteiger partial charge in [-0.25, -0.2) is 4.68 Å². The average molecular weight is 480 g/mol. The molecule has 0 fully saturated rings. The summed E-state index contributed by atoms with van der Waals surface area (Å²) < 4.78 is 43.5. The zero-order valence-electron chi connectivity index (χ0n) is 19.5. The van der Waals surface area contributed by atoms with Crippen molar-refractivity contribution < 1.29 is 32.3 Å². The van der Waals surface area contributed by atoms with Crippen LogP contribution >= 0.6 is 0 Å². The molecule has 0 saturated heterocycles. The molecule has 8 nitrogen and oxygen atoms in total. The number of halogens is 3. The fourth-order valence-electron chi connectivity index (χ4n) is 3.83. The number of Topliss-reactive ketones (excluding diaryl/α,β-unsaturated/α-hetero) is 1. The van der Waals surface area contributed by atoms with Crippen molar-refractivity contribution in [1.82, 2.24) is 15.1 Å². The highest BCUT2D eigenvalue weighted by Crippen LogP contribution is 2.36. The van der Waals surface area contributed by atoms with E-state index in [0.717, 1.165) is 17.0 Å². The number of nitrogens with zero attached hydrogens (tertiary/aromatic N) is 3. The summed E-state index contributed by atoms with van der Waals surface area (Å²) in [6.45, 7) is 4.42. The third kappa shape index (κ3) is 6.02. The van der Waals surface area contributed by atoms with E-state index in [0.29, 0.717) is 23.3 Å². The van der Waals surface area contributed by atoms with Gasteiger partial charge in [-0.3, -0.25) is 9.59 Å². The van der Waals surface area contributed by atoms with Gasteiger partial charge in [0, 0.05) is 31.9 Å². The van der Waals surface area contributed by atoms with E-state index in [2.05, 4.69) is 10.3 Å². The van der Waals surface area contributed by atoms with Crippen LogP contribution in [0, 0.1) is 13.8 Å².